The molecule has 0 unspecified atom stereocenters. The lowest BCUT2D eigenvalue weighted by atomic mass is 10.2. The number of hydrogen-bond donors (Lipinski definition) is 0. The molecule has 0 rings (SSSR count). The van der Waals surface area contributed by atoms with Crippen molar-refractivity contribution in [1.82, 2.24) is 0 Å². The number of rotatable bonds is 8. The fourth-order valence-electron chi connectivity index (χ4n) is 1.01. The maximum atomic E-state index is 11.3. The standard InChI is InChI=1S/C16H26O10/c1-15(2,3)25-23-13(19)9-7-11(17)21-22-12(18)8-10-14(20)24-26-16(4,5)6/h7-10H2,1-6H3. The first kappa shape index (κ1) is 23.8. The Labute approximate surface area is 151 Å². The molecule has 0 amide bonds. The molecule has 0 aliphatic heterocycles. The van der Waals surface area contributed by atoms with E-state index in [1.807, 2.05) is 0 Å². The second kappa shape index (κ2) is 10.7. The van der Waals surface area contributed by atoms with Crippen molar-refractivity contribution in [2.45, 2.75) is 78.4 Å². The van der Waals surface area contributed by atoms with Crippen molar-refractivity contribution in [2.75, 3.05) is 0 Å². The summed E-state index contributed by atoms with van der Waals surface area (Å²) in [5.74, 6) is -3.45. The molecule has 0 aliphatic carbocycles. The number of hydrogen-bond acceptors (Lipinski definition) is 10. The lowest BCUT2D eigenvalue weighted by molar-refractivity contribution is -0.320. The van der Waals surface area contributed by atoms with E-state index < -0.39 is 35.1 Å². The van der Waals surface area contributed by atoms with E-state index in [9.17, 15) is 19.2 Å². The predicted octanol–water partition coefficient (Wildman–Crippen LogP) is 2.09. The van der Waals surface area contributed by atoms with Crippen LogP contribution < -0.4 is 0 Å². The first-order valence-corrected chi connectivity index (χ1v) is 7.96. The molecule has 150 valence electrons. The molecule has 0 bridgehead atoms. The molecule has 0 aromatic heterocycles. The fraction of sp³-hybridized carbons (Fsp3) is 0.750. The number of carbonyl (C=O) groups is 4. The monoisotopic (exact) mass is 378 g/mol. The molecule has 0 fully saturated rings. The lowest BCUT2D eigenvalue weighted by Crippen LogP contribution is -2.22. The van der Waals surface area contributed by atoms with Gasteiger partial charge in [0.15, 0.2) is 0 Å². The minimum Gasteiger partial charge on any atom is -0.298 e. The van der Waals surface area contributed by atoms with E-state index in [2.05, 4.69) is 19.6 Å². The maximum Gasteiger partial charge on any atom is 0.356 e. The molecule has 10 nitrogen and oxygen atoms in total. The van der Waals surface area contributed by atoms with E-state index in [0.717, 1.165) is 0 Å². The van der Waals surface area contributed by atoms with E-state index in [1.54, 1.807) is 41.5 Å². The Morgan fingerprint density at radius 1 is 0.500 bits per heavy atom. The second-order valence-electron chi connectivity index (χ2n) is 7.21. The highest BCUT2D eigenvalue weighted by atomic mass is 17.2. The Balaban J connectivity index is 3.86. The molecule has 26 heavy (non-hydrogen) atoms. The van der Waals surface area contributed by atoms with Gasteiger partial charge in [0.25, 0.3) is 0 Å². The van der Waals surface area contributed by atoms with Crippen molar-refractivity contribution in [3.63, 3.8) is 0 Å². The normalized spacial score (nSPS) is 11.5. The first-order chi connectivity index (χ1) is 11.8. The van der Waals surface area contributed by atoms with Crippen LogP contribution >= 0.6 is 0 Å². The fourth-order valence-corrected chi connectivity index (χ4v) is 1.01. The van der Waals surface area contributed by atoms with Crippen LogP contribution in [0.5, 0.6) is 0 Å². The van der Waals surface area contributed by atoms with Gasteiger partial charge in [0, 0.05) is 0 Å². The highest BCUT2D eigenvalue weighted by molar-refractivity contribution is 5.79. The molecule has 10 heteroatoms. The van der Waals surface area contributed by atoms with Crippen LogP contribution in [0.1, 0.15) is 67.2 Å². The maximum absolute atomic E-state index is 11.3. The quantitative estimate of drug-likeness (QED) is 0.458. The van der Waals surface area contributed by atoms with Crippen molar-refractivity contribution in [3.8, 4) is 0 Å². The summed E-state index contributed by atoms with van der Waals surface area (Å²) in [5, 5.41) is 0. The first-order valence-electron chi connectivity index (χ1n) is 7.96. The summed E-state index contributed by atoms with van der Waals surface area (Å²) >= 11 is 0. The zero-order valence-corrected chi connectivity index (χ0v) is 15.9. The minimum atomic E-state index is -0.954. The van der Waals surface area contributed by atoms with Crippen molar-refractivity contribution < 1.29 is 48.5 Å². The molecule has 0 heterocycles. The molecule has 0 spiro atoms. The van der Waals surface area contributed by atoms with Gasteiger partial charge in [-0.15, -0.1) is 0 Å². The topological polar surface area (TPSA) is 124 Å². The van der Waals surface area contributed by atoms with Crippen LogP contribution in [-0.2, 0) is 48.5 Å². The van der Waals surface area contributed by atoms with E-state index in [4.69, 9.17) is 9.78 Å². The van der Waals surface area contributed by atoms with Gasteiger partial charge in [-0.25, -0.2) is 29.0 Å². The third kappa shape index (κ3) is 15.3. The van der Waals surface area contributed by atoms with Crippen molar-refractivity contribution in [2.24, 2.45) is 0 Å². The molecule has 0 saturated carbocycles. The minimum absolute atomic E-state index is 0.317. The smallest absolute Gasteiger partial charge is 0.298 e. The molecule has 0 aromatic rings. The van der Waals surface area contributed by atoms with Crippen molar-refractivity contribution in [3.05, 3.63) is 0 Å². The van der Waals surface area contributed by atoms with E-state index >= 15 is 0 Å². The molecular formula is C16H26O10. The third-order valence-electron chi connectivity index (χ3n) is 2.06. The van der Waals surface area contributed by atoms with Gasteiger partial charge in [0.2, 0.25) is 0 Å². The summed E-state index contributed by atoms with van der Waals surface area (Å²) in [5.41, 5.74) is -1.35. The van der Waals surface area contributed by atoms with Gasteiger partial charge >= 0.3 is 23.9 Å². The molecule has 0 atom stereocenters. The summed E-state index contributed by atoms with van der Waals surface area (Å²) in [6, 6.07) is 0. The van der Waals surface area contributed by atoms with Gasteiger partial charge in [-0.05, 0) is 41.5 Å². The lowest BCUT2D eigenvalue weighted by Gasteiger charge is -2.16. The average molecular weight is 378 g/mol. The van der Waals surface area contributed by atoms with Crippen LogP contribution in [0.3, 0.4) is 0 Å². The summed E-state index contributed by atoms with van der Waals surface area (Å²) in [6.45, 7) is 10.1. The molecule has 0 aromatic carbocycles. The van der Waals surface area contributed by atoms with Gasteiger partial charge in [-0.2, -0.15) is 9.78 Å². The molecule has 0 saturated heterocycles. The SMILES string of the molecule is CC(C)(C)OOC(=O)CCC(=O)OOC(=O)CCC(=O)OOC(C)(C)C. The Bertz CT molecular complexity index is 452. The highest BCUT2D eigenvalue weighted by Crippen LogP contribution is 2.09. The second-order valence-corrected chi connectivity index (χ2v) is 7.21. The van der Waals surface area contributed by atoms with Gasteiger partial charge < -0.3 is 0 Å². The Morgan fingerprint density at radius 2 is 0.731 bits per heavy atom. The largest absolute Gasteiger partial charge is 0.356 e. The van der Waals surface area contributed by atoms with Crippen molar-refractivity contribution >= 4 is 23.9 Å². The van der Waals surface area contributed by atoms with Crippen LogP contribution in [0.25, 0.3) is 0 Å². The molecule has 0 radical (unpaired) electrons. The number of carbonyl (C=O) groups excluding carboxylic acids is 4. The Morgan fingerprint density at radius 3 is 0.962 bits per heavy atom. The summed E-state index contributed by atoms with van der Waals surface area (Å²) in [6.07, 6.45) is -1.38. The van der Waals surface area contributed by atoms with E-state index in [0.29, 0.717) is 0 Å². The zero-order chi connectivity index (χ0) is 20.4. The van der Waals surface area contributed by atoms with Gasteiger partial charge in [0.1, 0.15) is 11.2 Å². The predicted molar refractivity (Wildman–Crippen MR) is 84.5 cm³/mol. The van der Waals surface area contributed by atoms with Gasteiger partial charge in [-0.3, -0.25) is 9.78 Å². The Kier molecular flexibility index (Phi) is 9.81. The third-order valence-corrected chi connectivity index (χ3v) is 2.06. The van der Waals surface area contributed by atoms with E-state index in [-0.39, 0.29) is 25.7 Å². The Hall–Kier alpha value is -2.20. The van der Waals surface area contributed by atoms with Crippen LogP contribution in [0.4, 0.5) is 0 Å². The zero-order valence-electron chi connectivity index (χ0n) is 15.9. The van der Waals surface area contributed by atoms with Crippen LogP contribution in [-0.4, -0.2) is 35.1 Å². The average Bonchev–Trinajstić information content (AvgIpc) is 2.50. The molecule has 0 aliphatic rings. The van der Waals surface area contributed by atoms with Gasteiger partial charge in [-0.1, -0.05) is 0 Å². The van der Waals surface area contributed by atoms with Gasteiger partial charge in [0.05, 0.1) is 25.7 Å². The molecule has 0 N–H and O–H groups in total. The van der Waals surface area contributed by atoms with Crippen LogP contribution in [0.15, 0.2) is 0 Å². The van der Waals surface area contributed by atoms with E-state index in [1.165, 1.54) is 0 Å². The summed E-state index contributed by atoms with van der Waals surface area (Å²) in [7, 11) is 0. The van der Waals surface area contributed by atoms with Crippen LogP contribution in [0, 0.1) is 0 Å². The summed E-state index contributed by atoms with van der Waals surface area (Å²) < 4.78 is 0. The molecular weight excluding hydrogens is 352 g/mol. The summed E-state index contributed by atoms with van der Waals surface area (Å²) in [4.78, 5) is 72.3. The van der Waals surface area contributed by atoms with Crippen molar-refractivity contribution in [1.29, 1.82) is 0 Å². The highest BCUT2D eigenvalue weighted by Gasteiger charge is 2.19. The van der Waals surface area contributed by atoms with Crippen LogP contribution in [0.2, 0.25) is 0 Å².